The second kappa shape index (κ2) is 5.44. The van der Waals surface area contributed by atoms with Gasteiger partial charge in [0.25, 0.3) is 5.69 Å². The number of fused-ring (bicyclic) bond motifs is 1. The molecule has 0 spiro atoms. The van der Waals surface area contributed by atoms with Crippen molar-refractivity contribution in [2.75, 3.05) is 0 Å². The maximum atomic E-state index is 11.7. The van der Waals surface area contributed by atoms with Gasteiger partial charge in [0.15, 0.2) is 0 Å². The van der Waals surface area contributed by atoms with Crippen molar-refractivity contribution in [3.8, 4) is 11.1 Å². The van der Waals surface area contributed by atoms with Gasteiger partial charge in [0.2, 0.25) is 0 Å². The molecular formula is C17H13NO4. The molecule has 0 radical (unpaired) electrons. The quantitative estimate of drug-likeness (QED) is 0.417. The van der Waals surface area contributed by atoms with E-state index in [0.29, 0.717) is 16.5 Å². The Balaban J connectivity index is 2.27. The van der Waals surface area contributed by atoms with Crippen LogP contribution in [0.15, 0.2) is 57.7 Å². The number of hydrogen-bond donors (Lipinski definition) is 0. The van der Waals surface area contributed by atoms with Crippen molar-refractivity contribution in [3.63, 3.8) is 0 Å². The van der Waals surface area contributed by atoms with Crippen LogP contribution in [0.3, 0.4) is 0 Å². The molecule has 0 N–H and O–H groups in total. The Morgan fingerprint density at radius 1 is 1.09 bits per heavy atom. The molecule has 0 fully saturated rings. The highest BCUT2D eigenvalue weighted by molar-refractivity contribution is 5.94. The monoisotopic (exact) mass is 295 g/mol. The summed E-state index contributed by atoms with van der Waals surface area (Å²) in [6.45, 7) is 2.06. The zero-order valence-electron chi connectivity index (χ0n) is 11.9. The largest absolute Gasteiger partial charge is 0.423 e. The Morgan fingerprint density at radius 3 is 2.45 bits per heavy atom. The summed E-state index contributed by atoms with van der Waals surface area (Å²) in [6, 6.07) is 13.4. The normalized spacial score (nSPS) is 10.8. The smallest absolute Gasteiger partial charge is 0.336 e. The fourth-order valence-corrected chi connectivity index (χ4v) is 2.42. The van der Waals surface area contributed by atoms with Gasteiger partial charge in [-0.2, -0.15) is 0 Å². The number of nitro benzene ring substituents is 1. The summed E-state index contributed by atoms with van der Waals surface area (Å²) in [5, 5.41) is 11.5. The SMILES string of the molecule is CCc1ccc(-c2cc(=O)oc3ccc([N+](=O)[O-])cc23)cc1. The standard InChI is InChI=1S/C17H13NO4/c1-2-11-3-5-12(6-4-11)14-10-17(19)22-16-8-7-13(18(20)21)9-15(14)16/h3-10H,2H2,1H3. The van der Waals surface area contributed by atoms with Gasteiger partial charge in [-0.1, -0.05) is 31.2 Å². The van der Waals surface area contributed by atoms with E-state index in [2.05, 4.69) is 6.92 Å². The van der Waals surface area contributed by atoms with E-state index in [9.17, 15) is 14.9 Å². The highest BCUT2D eigenvalue weighted by atomic mass is 16.6. The molecule has 22 heavy (non-hydrogen) atoms. The molecule has 0 amide bonds. The van der Waals surface area contributed by atoms with Gasteiger partial charge < -0.3 is 4.42 Å². The minimum Gasteiger partial charge on any atom is -0.423 e. The summed E-state index contributed by atoms with van der Waals surface area (Å²) >= 11 is 0. The van der Waals surface area contributed by atoms with Crippen LogP contribution in [0.2, 0.25) is 0 Å². The van der Waals surface area contributed by atoms with E-state index >= 15 is 0 Å². The third-order valence-corrected chi connectivity index (χ3v) is 3.61. The van der Waals surface area contributed by atoms with Crippen molar-refractivity contribution in [3.05, 3.63) is 74.6 Å². The van der Waals surface area contributed by atoms with Crippen molar-refractivity contribution in [2.24, 2.45) is 0 Å². The van der Waals surface area contributed by atoms with Gasteiger partial charge in [-0.3, -0.25) is 10.1 Å². The highest BCUT2D eigenvalue weighted by Gasteiger charge is 2.13. The van der Waals surface area contributed by atoms with Crippen molar-refractivity contribution >= 4 is 16.7 Å². The zero-order valence-corrected chi connectivity index (χ0v) is 11.9. The van der Waals surface area contributed by atoms with Gasteiger partial charge in [-0.25, -0.2) is 4.79 Å². The summed E-state index contributed by atoms with van der Waals surface area (Å²) < 4.78 is 5.13. The van der Waals surface area contributed by atoms with Crippen LogP contribution >= 0.6 is 0 Å². The van der Waals surface area contributed by atoms with Crippen molar-refractivity contribution in [1.82, 2.24) is 0 Å². The lowest BCUT2D eigenvalue weighted by molar-refractivity contribution is -0.384. The number of aryl methyl sites for hydroxylation is 1. The Kier molecular flexibility index (Phi) is 3.47. The zero-order chi connectivity index (χ0) is 15.7. The Bertz CT molecular complexity index is 910. The lowest BCUT2D eigenvalue weighted by atomic mass is 10.00. The minimum absolute atomic E-state index is 0.0345. The molecule has 3 aromatic rings. The molecule has 0 unspecified atom stereocenters. The fourth-order valence-electron chi connectivity index (χ4n) is 2.42. The molecule has 5 heteroatoms. The van der Waals surface area contributed by atoms with E-state index in [0.717, 1.165) is 12.0 Å². The van der Waals surface area contributed by atoms with E-state index in [1.54, 1.807) is 0 Å². The average Bonchev–Trinajstić information content (AvgIpc) is 2.53. The number of hydrogen-bond acceptors (Lipinski definition) is 4. The third kappa shape index (κ3) is 2.48. The lowest BCUT2D eigenvalue weighted by Crippen LogP contribution is -1.99. The van der Waals surface area contributed by atoms with Gasteiger partial charge >= 0.3 is 5.63 Å². The van der Waals surface area contributed by atoms with Crippen LogP contribution in [-0.4, -0.2) is 4.92 Å². The molecule has 0 aliphatic carbocycles. The number of rotatable bonds is 3. The maximum Gasteiger partial charge on any atom is 0.336 e. The molecule has 0 bridgehead atoms. The summed E-state index contributed by atoms with van der Waals surface area (Å²) in [7, 11) is 0. The van der Waals surface area contributed by atoms with Gasteiger partial charge in [0, 0.05) is 29.1 Å². The molecule has 1 heterocycles. The van der Waals surface area contributed by atoms with E-state index in [1.165, 1.54) is 29.8 Å². The Morgan fingerprint density at radius 2 is 1.82 bits per heavy atom. The predicted molar refractivity (Wildman–Crippen MR) is 84.0 cm³/mol. The molecule has 3 rings (SSSR count). The van der Waals surface area contributed by atoms with E-state index in [4.69, 9.17) is 4.42 Å². The minimum atomic E-state index is -0.476. The van der Waals surface area contributed by atoms with Gasteiger partial charge in [-0.05, 0) is 23.6 Å². The first kappa shape index (κ1) is 14.0. The summed E-state index contributed by atoms with van der Waals surface area (Å²) in [5.41, 5.74) is 2.48. The van der Waals surface area contributed by atoms with Crippen LogP contribution in [0.4, 0.5) is 5.69 Å². The molecule has 1 aromatic heterocycles. The van der Waals surface area contributed by atoms with Crippen LogP contribution in [0.25, 0.3) is 22.1 Å². The first-order valence-electron chi connectivity index (χ1n) is 6.90. The molecular weight excluding hydrogens is 282 g/mol. The van der Waals surface area contributed by atoms with E-state index in [1.807, 2.05) is 24.3 Å². The first-order valence-corrected chi connectivity index (χ1v) is 6.90. The molecule has 0 saturated heterocycles. The van der Waals surface area contributed by atoms with E-state index < -0.39 is 10.5 Å². The van der Waals surface area contributed by atoms with Crippen LogP contribution in [-0.2, 0) is 6.42 Å². The van der Waals surface area contributed by atoms with Crippen LogP contribution < -0.4 is 5.63 Å². The molecule has 110 valence electrons. The Hall–Kier alpha value is -2.95. The molecule has 0 aliphatic rings. The second-order valence-electron chi connectivity index (χ2n) is 4.97. The molecule has 5 nitrogen and oxygen atoms in total. The highest BCUT2D eigenvalue weighted by Crippen LogP contribution is 2.30. The van der Waals surface area contributed by atoms with Crippen molar-refractivity contribution in [2.45, 2.75) is 13.3 Å². The first-order chi connectivity index (χ1) is 10.6. The van der Waals surface area contributed by atoms with Crippen molar-refractivity contribution in [1.29, 1.82) is 0 Å². The van der Waals surface area contributed by atoms with Crippen LogP contribution in [0.1, 0.15) is 12.5 Å². The number of non-ortho nitro benzene ring substituents is 1. The molecule has 0 atom stereocenters. The number of benzene rings is 2. The second-order valence-corrected chi connectivity index (χ2v) is 4.97. The van der Waals surface area contributed by atoms with Gasteiger partial charge in [-0.15, -0.1) is 0 Å². The molecule has 0 aliphatic heterocycles. The van der Waals surface area contributed by atoms with E-state index in [-0.39, 0.29) is 5.69 Å². The summed E-state index contributed by atoms with van der Waals surface area (Å²) in [4.78, 5) is 22.2. The van der Waals surface area contributed by atoms with Gasteiger partial charge in [0.1, 0.15) is 5.58 Å². The number of nitrogens with zero attached hydrogens (tertiary/aromatic N) is 1. The maximum absolute atomic E-state index is 11.7. The summed E-state index contributed by atoms with van der Waals surface area (Å²) in [5.74, 6) is 0. The van der Waals surface area contributed by atoms with Crippen LogP contribution in [0.5, 0.6) is 0 Å². The van der Waals surface area contributed by atoms with Gasteiger partial charge in [0.05, 0.1) is 4.92 Å². The molecule has 0 saturated carbocycles. The fraction of sp³-hybridized carbons (Fsp3) is 0.118. The van der Waals surface area contributed by atoms with Crippen LogP contribution in [0, 0.1) is 10.1 Å². The summed E-state index contributed by atoms with van der Waals surface area (Å²) in [6.07, 6.45) is 0.920. The third-order valence-electron chi connectivity index (χ3n) is 3.61. The predicted octanol–water partition coefficient (Wildman–Crippen LogP) is 3.93. The molecule has 2 aromatic carbocycles. The number of nitro groups is 1. The lowest BCUT2D eigenvalue weighted by Gasteiger charge is -2.06. The Labute approximate surface area is 126 Å². The van der Waals surface area contributed by atoms with Crippen molar-refractivity contribution < 1.29 is 9.34 Å². The topological polar surface area (TPSA) is 73.3 Å². The average molecular weight is 295 g/mol.